The topological polar surface area (TPSA) is 64.6 Å². The molecular weight excluding hydrogens is 314 g/mol. The molecule has 0 spiro atoms. The lowest BCUT2D eigenvalue weighted by Crippen LogP contribution is -2.26. The van der Waals surface area contributed by atoms with Gasteiger partial charge in [-0.2, -0.15) is 0 Å². The number of nitrogens with one attached hydrogen (secondary N) is 1. The van der Waals surface area contributed by atoms with Gasteiger partial charge in [0.2, 0.25) is 10.0 Å². The highest BCUT2D eigenvalue weighted by Gasteiger charge is 2.15. The van der Waals surface area contributed by atoms with E-state index >= 15 is 0 Å². The molecule has 1 heterocycles. The van der Waals surface area contributed by atoms with E-state index in [1.54, 1.807) is 19.2 Å². The van der Waals surface area contributed by atoms with Crippen molar-refractivity contribution in [3.8, 4) is 11.5 Å². The van der Waals surface area contributed by atoms with Crippen LogP contribution in [-0.2, 0) is 22.9 Å². The standard InChI is InChI=1S/C17H19NO4S/c1-21-15-3-5-16(6-4-15)23(19,20)18-10-8-13-2-7-17-14(12-13)9-11-22-17/h2-7,12,18H,8-11H2,1H3. The number of hydrogen-bond donors (Lipinski definition) is 1. The third-order valence-corrected chi connectivity index (χ3v) is 5.31. The first-order valence-corrected chi connectivity index (χ1v) is 8.95. The van der Waals surface area contributed by atoms with Crippen LogP contribution in [0.25, 0.3) is 0 Å². The highest BCUT2D eigenvalue weighted by molar-refractivity contribution is 7.89. The molecule has 2 aromatic carbocycles. The molecule has 1 N–H and O–H groups in total. The molecule has 0 saturated heterocycles. The van der Waals surface area contributed by atoms with E-state index in [2.05, 4.69) is 10.8 Å². The molecular formula is C17H19NO4S. The van der Waals surface area contributed by atoms with Crippen molar-refractivity contribution in [3.05, 3.63) is 53.6 Å². The zero-order valence-corrected chi connectivity index (χ0v) is 13.7. The lowest BCUT2D eigenvalue weighted by atomic mass is 10.1. The van der Waals surface area contributed by atoms with E-state index in [1.807, 2.05) is 12.1 Å². The molecule has 6 heteroatoms. The molecule has 1 aliphatic heterocycles. The Morgan fingerprint density at radius 1 is 1.17 bits per heavy atom. The Morgan fingerprint density at radius 2 is 1.96 bits per heavy atom. The van der Waals surface area contributed by atoms with Gasteiger partial charge in [-0.3, -0.25) is 0 Å². The second kappa shape index (κ2) is 6.60. The van der Waals surface area contributed by atoms with Crippen LogP contribution >= 0.6 is 0 Å². The van der Waals surface area contributed by atoms with Gasteiger partial charge in [0.1, 0.15) is 11.5 Å². The first-order chi connectivity index (χ1) is 11.1. The fourth-order valence-corrected chi connectivity index (χ4v) is 3.60. The summed E-state index contributed by atoms with van der Waals surface area (Å²) in [6, 6.07) is 12.4. The van der Waals surface area contributed by atoms with E-state index in [0.717, 1.165) is 24.3 Å². The zero-order valence-electron chi connectivity index (χ0n) is 12.9. The summed E-state index contributed by atoms with van der Waals surface area (Å²) in [6.45, 7) is 1.08. The van der Waals surface area contributed by atoms with Gasteiger partial charge in [0.05, 0.1) is 18.6 Å². The van der Waals surface area contributed by atoms with Gasteiger partial charge < -0.3 is 9.47 Å². The molecule has 3 rings (SSSR count). The van der Waals surface area contributed by atoms with E-state index in [4.69, 9.17) is 9.47 Å². The van der Waals surface area contributed by atoms with E-state index in [1.165, 1.54) is 17.7 Å². The third-order valence-electron chi connectivity index (χ3n) is 3.83. The van der Waals surface area contributed by atoms with Gasteiger partial charge in [-0.15, -0.1) is 0 Å². The minimum Gasteiger partial charge on any atom is -0.497 e. The van der Waals surface area contributed by atoms with Crippen molar-refractivity contribution in [2.75, 3.05) is 20.3 Å². The molecule has 0 aromatic heterocycles. The average molecular weight is 333 g/mol. The maximum absolute atomic E-state index is 12.2. The van der Waals surface area contributed by atoms with E-state index in [-0.39, 0.29) is 4.90 Å². The summed E-state index contributed by atoms with van der Waals surface area (Å²) >= 11 is 0. The molecule has 0 unspecified atom stereocenters. The van der Waals surface area contributed by atoms with Crippen LogP contribution in [0.4, 0.5) is 0 Å². The monoisotopic (exact) mass is 333 g/mol. The molecule has 0 atom stereocenters. The van der Waals surface area contributed by atoms with Crippen LogP contribution in [0.5, 0.6) is 11.5 Å². The SMILES string of the molecule is COc1ccc(S(=O)(=O)NCCc2ccc3c(c2)CCO3)cc1. The number of methoxy groups -OCH3 is 1. The van der Waals surface area contributed by atoms with Gasteiger partial charge in [-0.05, 0) is 47.9 Å². The van der Waals surface area contributed by atoms with Crippen molar-refractivity contribution in [1.29, 1.82) is 0 Å². The number of rotatable bonds is 6. The van der Waals surface area contributed by atoms with E-state index in [0.29, 0.717) is 18.7 Å². The smallest absolute Gasteiger partial charge is 0.240 e. The fraction of sp³-hybridized carbons (Fsp3) is 0.294. The molecule has 0 fully saturated rings. The summed E-state index contributed by atoms with van der Waals surface area (Å²) < 4.78 is 37.6. The highest BCUT2D eigenvalue weighted by Crippen LogP contribution is 2.26. The summed E-state index contributed by atoms with van der Waals surface area (Å²) in [4.78, 5) is 0.237. The molecule has 0 bridgehead atoms. The molecule has 0 aliphatic carbocycles. The van der Waals surface area contributed by atoms with E-state index in [9.17, 15) is 8.42 Å². The fourth-order valence-electron chi connectivity index (χ4n) is 2.56. The molecule has 0 amide bonds. The number of sulfonamides is 1. The molecule has 1 aliphatic rings. The summed E-state index contributed by atoms with van der Waals surface area (Å²) in [7, 11) is -1.95. The summed E-state index contributed by atoms with van der Waals surface area (Å²) in [6.07, 6.45) is 1.56. The van der Waals surface area contributed by atoms with Gasteiger partial charge in [-0.25, -0.2) is 13.1 Å². The Kier molecular flexibility index (Phi) is 4.54. The van der Waals surface area contributed by atoms with Crippen molar-refractivity contribution in [2.45, 2.75) is 17.7 Å². The normalized spacial score (nSPS) is 13.4. The lowest BCUT2D eigenvalue weighted by molar-refractivity contribution is 0.357. The quantitative estimate of drug-likeness (QED) is 0.880. The van der Waals surface area contributed by atoms with Crippen LogP contribution < -0.4 is 14.2 Å². The molecule has 5 nitrogen and oxygen atoms in total. The number of hydrogen-bond acceptors (Lipinski definition) is 4. The van der Waals surface area contributed by atoms with Crippen molar-refractivity contribution < 1.29 is 17.9 Å². The van der Waals surface area contributed by atoms with Crippen molar-refractivity contribution in [2.24, 2.45) is 0 Å². The van der Waals surface area contributed by atoms with Crippen molar-refractivity contribution in [3.63, 3.8) is 0 Å². The first kappa shape index (κ1) is 15.8. The lowest BCUT2D eigenvalue weighted by Gasteiger charge is -2.08. The predicted octanol–water partition coefficient (Wildman–Crippen LogP) is 2.15. The number of benzene rings is 2. The van der Waals surface area contributed by atoms with E-state index < -0.39 is 10.0 Å². The van der Waals surface area contributed by atoms with Crippen LogP contribution in [0.1, 0.15) is 11.1 Å². The van der Waals surface area contributed by atoms with Gasteiger partial charge in [0, 0.05) is 13.0 Å². The van der Waals surface area contributed by atoms with Crippen LogP contribution in [0, 0.1) is 0 Å². The van der Waals surface area contributed by atoms with Gasteiger partial charge in [0.25, 0.3) is 0 Å². The van der Waals surface area contributed by atoms with Gasteiger partial charge in [0.15, 0.2) is 0 Å². The average Bonchev–Trinajstić information content (AvgIpc) is 3.02. The predicted molar refractivity (Wildman–Crippen MR) is 87.5 cm³/mol. The minimum atomic E-state index is -3.50. The Bertz CT molecular complexity index is 785. The van der Waals surface area contributed by atoms with Gasteiger partial charge in [-0.1, -0.05) is 12.1 Å². The number of fused-ring (bicyclic) bond motifs is 1. The van der Waals surface area contributed by atoms with Crippen LogP contribution in [0.15, 0.2) is 47.4 Å². The second-order valence-corrected chi connectivity index (χ2v) is 7.13. The van der Waals surface area contributed by atoms with Crippen LogP contribution in [0.3, 0.4) is 0 Å². The summed E-state index contributed by atoms with van der Waals surface area (Å²) in [5, 5.41) is 0. The zero-order chi connectivity index (χ0) is 16.3. The Morgan fingerprint density at radius 3 is 2.70 bits per heavy atom. The number of ether oxygens (including phenoxy) is 2. The van der Waals surface area contributed by atoms with Gasteiger partial charge >= 0.3 is 0 Å². The molecule has 2 aromatic rings. The third kappa shape index (κ3) is 3.65. The first-order valence-electron chi connectivity index (χ1n) is 7.47. The van der Waals surface area contributed by atoms with Crippen LogP contribution in [0.2, 0.25) is 0 Å². The molecule has 0 saturated carbocycles. The Labute approximate surface area is 136 Å². The summed E-state index contributed by atoms with van der Waals surface area (Å²) in [5.41, 5.74) is 2.30. The van der Waals surface area contributed by atoms with Crippen LogP contribution in [-0.4, -0.2) is 28.7 Å². The molecule has 122 valence electrons. The highest BCUT2D eigenvalue weighted by atomic mass is 32.2. The maximum Gasteiger partial charge on any atom is 0.240 e. The van der Waals surface area contributed by atoms with Crippen molar-refractivity contribution in [1.82, 2.24) is 4.72 Å². The summed E-state index contributed by atoms with van der Waals surface area (Å²) in [5.74, 6) is 1.57. The Hall–Kier alpha value is -2.05. The largest absolute Gasteiger partial charge is 0.497 e. The Balaban J connectivity index is 1.60. The second-order valence-electron chi connectivity index (χ2n) is 5.36. The molecule has 23 heavy (non-hydrogen) atoms. The maximum atomic E-state index is 12.2. The van der Waals surface area contributed by atoms with Crippen molar-refractivity contribution >= 4 is 10.0 Å². The minimum absolute atomic E-state index is 0.237. The molecule has 0 radical (unpaired) electrons.